The summed E-state index contributed by atoms with van der Waals surface area (Å²) in [7, 11) is 0. The molecule has 2 nitrogen and oxygen atoms in total. The van der Waals surface area contributed by atoms with Crippen LogP contribution in [0.3, 0.4) is 0 Å². The molecular weight excluding hydrogens is 255 g/mol. The van der Waals surface area contributed by atoms with Gasteiger partial charge in [-0.1, -0.05) is 6.92 Å². The molecule has 0 aromatic heterocycles. The maximum Gasteiger partial charge on any atom is 0.163 e. The number of Topliss-reactive ketones (excluding diaryl/α,β-unsaturated/α-hetero) is 1. The fourth-order valence-corrected chi connectivity index (χ4v) is 1.98. The quantitative estimate of drug-likeness (QED) is 0.553. The van der Waals surface area contributed by atoms with Crippen molar-refractivity contribution in [3.8, 4) is 5.75 Å². The Morgan fingerprint density at radius 3 is 2.78 bits per heavy atom. The van der Waals surface area contributed by atoms with Crippen molar-refractivity contribution in [2.75, 3.05) is 12.5 Å². The molecule has 4 heteroatoms. The number of rotatable bonds is 7. The Hall–Kier alpha value is -1.09. The number of benzene rings is 1. The number of carbonyl (C=O) groups is 1. The van der Waals surface area contributed by atoms with E-state index in [1.54, 1.807) is 0 Å². The summed E-state index contributed by atoms with van der Waals surface area (Å²) in [6.07, 6.45) is 1.80. The van der Waals surface area contributed by atoms with Crippen LogP contribution in [0.25, 0.3) is 0 Å². The predicted molar refractivity (Wildman–Crippen MR) is 71.0 cm³/mol. The minimum absolute atomic E-state index is 0.196. The van der Waals surface area contributed by atoms with E-state index < -0.39 is 5.82 Å². The number of hydrogen-bond donors (Lipinski definition) is 0. The second-order valence-corrected chi connectivity index (χ2v) is 4.79. The van der Waals surface area contributed by atoms with Gasteiger partial charge in [0.25, 0.3) is 0 Å². The fourth-order valence-electron chi connectivity index (χ4n) is 1.60. The van der Waals surface area contributed by atoms with Gasteiger partial charge in [-0.3, -0.25) is 4.79 Å². The standard InChI is InChI=1S/C14H18ClFO2/c1-10(5-7-15)6-8-18-14-4-3-12(16)9-13(14)11(2)17/h3-4,9-10H,5-8H2,1-2H3. The van der Waals surface area contributed by atoms with Crippen LogP contribution in [0.5, 0.6) is 5.75 Å². The minimum Gasteiger partial charge on any atom is -0.493 e. The molecule has 0 amide bonds. The number of halogens is 2. The van der Waals surface area contributed by atoms with Crippen molar-refractivity contribution < 1.29 is 13.9 Å². The molecule has 0 aliphatic heterocycles. The van der Waals surface area contributed by atoms with Crippen molar-refractivity contribution in [1.29, 1.82) is 0 Å². The lowest BCUT2D eigenvalue weighted by atomic mass is 10.1. The molecular formula is C14H18ClFO2. The highest BCUT2D eigenvalue weighted by Crippen LogP contribution is 2.21. The Bertz CT molecular complexity index is 407. The summed E-state index contributed by atoms with van der Waals surface area (Å²) in [6, 6.07) is 4.00. The van der Waals surface area contributed by atoms with Crippen molar-refractivity contribution >= 4 is 17.4 Å². The molecule has 0 heterocycles. The van der Waals surface area contributed by atoms with Gasteiger partial charge in [-0.2, -0.15) is 0 Å². The highest BCUT2D eigenvalue weighted by molar-refractivity contribution is 6.17. The molecule has 0 spiro atoms. The Morgan fingerprint density at radius 2 is 2.17 bits per heavy atom. The first-order chi connectivity index (χ1) is 8.54. The first kappa shape index (κ1) is 15.0. The lowest BCUT2D eigenvalue weighted by Crippen LogP contribution is -2.07. The maximum atomic E-state index is 13.0. The van der Waals surface area contributed by atoms with Crippen molar-refractivity contribution in [2.45, 2.75) is 26.7 Å². The van der Waals surface area contributed by atoms with E-state index in [4.69, 9.17) is 16.3 Å². The Balaban J connectivity index is 2.59. The third-order valence-electron chi connectivity index (χ3n) is 2.79. The van der Waals surface area contributed by atoms with Gasteiger partial charge < -0.3 is 4.74 Å². The smallest absolute Gasteiger partial charge is 0.163 e. The molecule has 1 aromatic rings. The number of carbonyl (C=O) groups excluding carboxylic acids is 1. The molecule has 1 rings (SSSR count). The lowest BCUT2D eigenvalue weighted by Gasteiger charge is -2.12. The van der Waals surface area contributed by atoms with Crippen LogP contribution in [0.1, 0.15) is 37.0 Å². The van der Waals surface area contributed by atoms with Crippen molar-refractivity contribution in [2.24, 2.45) is 5.92 Å². The second kappa shape index (κ2) is 7.37. The highest BCUT2D eigenvalue weighted by Gasteiger charge is 2.10. The summed E-state index contributed by atoms with van der Waals surface area (Å²) in [5.41, 5.74) is 0.292. The molecule has 0 radical (unpaired) electrons. The summed E-state index contributed by atoms with van der Waals surface area (Å²) in [5.74, 6) is 0.934. The van der Waals surface area contributed by atoms with Gasteiger partial charge in [-0.15, -0.1) is 11.6 Å². The van der Waals surface area contributed by atoms with Crippen LogP contribution in [0.4, 0.5) is 4.39 Å². The summed E-state index contributed by atoms with van der Waals surface area (Å²) >= 11 is 5.65. The number of hydrogen-bond acceptors (Lipinski definition) is 2. The van der Waals surface area contributed by atoms with Crippen molar-refractivity contribution in [3.05, 3.63) is 29.6 Å². The Kier molecular flexibility index (Phi) is 6.13. The van der Waals surface area contributed by atoms with Gasteiger partial charge in [-0.05, 0) is 43.9 Å². The molecule has 0 saturated heterocycles. The van der Waals surface area contributed by atoms with E-state index in [2.05, 4.69) is 6.92 Å². The van der Waals surface area contributed by atoms with E-state index in [9.17, 15) is 9.18 Å². The minimum atomic E-state index is -0.428. The molecule has 0 fully saturated rings. The van der Waals surface area contributed by atoms with E-state index in [-0.39, 0.29) is 5.78 Å². The molecule has 0 bridgehead atoms. The SMILES string of the molecule is CC(=O)c1cc(F)ccc1OCCC(C)CCCl. The molecule has 0 saturated carbocycles. The largest absolute Gasteiger partial charge is 0.493 e. The van der Waals surface area contributed by atoms with Gasteiger partial charge in [0.1, 0.15) is 11.6 Å². The molecule has 18 heavy (non-hydrogen) atoms. The number of ether oxygens (including phenoxy) is 1. The zero-order chi connectivity index (χ0) is 13.5. The van der Waals surface area contributed by atoms with Crippen LogP contribution in [0, 0.1) is 11.7 Å². The van der Waals surface area contributed by atoms with E-state index in [1.165, 1.54) is 25.1 Å². The molecule has 0 N–H and O–H groups in total. The Labute approximate surface area is 112 Å². The van der Waals surface area contributed by atoms with Crippen molar-refractivity contribution in [3.63, 3.8) is 0 Å². The first-order valence-corrected chi connectivity index (χ1v) is 6.57. The molecule has 1 atom stereocenters. The van der Waals surface area contributed by atoms with Crippen LogP contribution in [0.2, 0.25) is 0 Å². The van der Waals surface area contributed by atoms with Gasteiger partial charge in [-0.25, -0.2) is 4.39 Å². The van der Waals surface area contributed by atoms with Gasteiger partial charge in [0.15, 0.2) is 5.78 Å². The fraction of sp³-hybridized carbons (Fsp3) is 0.500. The van der Waals surface area contributed by atoms with E-state index in [1.807, 2.05) is 0 Å². The average molecular weight is 273 g/mol. The summed E-state index contributed by atoms with van der Waals surface area (Å²) < 4.78 is 18.6. The lowest BCUT2D eigenvalue weighted by molar-refractivity contribution is 0.101. The third kappa shape index (κ3) is 4.65. The van der Waals surface area contributed by atoms with Gasteiger partial charge in [0, 0.05) is 5.88 Å². The van der Waals surface area contributed by atoms with Gasteiger partial charge in [0.2, 0.25) is 0 Å². The van der Waals surface area contributed by atoms with Gasteiger partial charge >= 0.3 is 0 Å². The zero-order valence-corrected chi connectivity index (χ0v) is 11.5. The Morgan fingerprint density at radius 1 is 1.44 bits per heavy atom. The topological polar surface area (TPSA) is 26.3 Å². The van der Waals surface area contributed by atoms with Crippen LogP contribution in [-0.2, 0) is 0 Å². The van der Waals surface area contributed by atoms with Gasteiger partial charge in [0.05, 0.1) is 12.2 Å². The average Bonchev–Trinajstić information content (AvgIpc) is 2.31. The summed E-state index contributed by atoms with van der Waals surface area (Å²) in [4.78, 5) is 11.4. The monoisotopic (exact) mass is 272 g/mol. The predicted octanol–water partition coefficient (Wildman–Crippen LogP) is 4.06. The molecule has 0 aliphatic carbocycles. The second-order valence-electron chi connectivity index (χ2n) is 4.42. The molecule has 1 unspecified atom stereocenters. The van der Waals surface area contributed by atoms with Crippen molar-refractivity contribution in [1.82, 2.24) is 0 Å². The normalized spacial score (nSPS) is 12.2. The maximum absolute atomic E-state index is 13.0. The van der Waals surface area contributed by atoms with E-state index in [0.717, 1.165) is 12.8 Å². The molecule has 1 aromatic carbocycles. The van der Waals surface area contributed by atoms with E-state index in [0.29, 0.717) is 29.7 Å². The first-order valence-electron chi connectivity index (χ1n) is 6.04. The highest BCUT2D eigenvalue weighted by atomic mass is 35.5. The zero-order valence-electron chi connectivity index (χ0n) is 10.7. The summed E-state index contributed by atoms with van der Waals surface area (Å²) in [6.45, 7) is 4.00. The third-order valence-corrected chi connectivity index (χ3v) is 3.01. The summed E-state index contributed by atoms with van der Waals surface area (Å²) in [5, 5.41) is 0. The molecule has 0 aliphatic rings. The number of ketones is 1. The van der Waals surface area contributed by atoms with E-state index >= 15 is 0 Å². The molecule has 100 valence electrons. The number of alkyl halides is 1. The van der Waals surface area contributed by atoms with Crippen LogP contribution >= 0.6 is 11.6 Å². The van der Waals surface area contributed by atoms with Crippen LogP contribution < -0.4 is 4.74 Å². The van der Waals surface area contributed by atoms with Crippen LogP contribution in [0.15, 0.2) is 18.2 Å². The van der Waals surface area contributed by atoms with Crippen LogP contribution in [-0.4, -0.2) is 18.3 Å².